The number of urea groups is 1. The first-order valence-corrected chi connectivity index (χ1v) is 8.47. The third kappa shape index (κ3) is 4.44. The number of carbonyl (C=O) groups is 1. The quantitative estimate of drug-likeness (QED) is 0.702. The Kier molecular flexibility index (Phi) is 5.71. The van der Waals surface area contributed by atoms with Gasteiger partial charge in [0.2, 0.25) is 0 Å². The highest BCUT2D eigenvalue weighted by Crippen LogP contribution is 2.24. The Balaban J connectivity index is 1.78. The summed E-state index contributed by atoms with van der Waals surface area (Å²) in [5, 5.41) is 5.60. The highest BCUT2D eigenvalue weighted by atomic mass is 19.1. The van der Waals surface area contributed by atoms with Crippen molar-refractivity contribution in [1.29, 1.82) is 0 Å². The number of aromatic nitrogens is 2. The first-order valence-electron chi connectivity index (χ1n) is 8.47. The zero-order valence-electron chi connectivity index (χ0n) is 15.1. The van der Waals surface area contributed by atoms with Crippen LogP contribution in [0.15, 0.2) is 60.9 Å². The van der Waals surface area contributed by atoms with E-state index in [-0.39, 0.29) is 12.4 Å². The van der Waals surface area contributed by atoms with E-state index in [1.807, 2.05) is 35.9 Å². The molecule has 0 fully saturated rings. The zero-order valence-corrected chi connectivity index (χ0v) is 15.1. The van der Waals surface area contributed by atoms with Gasteiger partial charge in [-0.2, -0.15) is 0 Å². The second-order valence-corrected chi connectivity index (χ2v) is 6.02. The number of carbonyl (C=O) groups excluding carboxylic acids is 1. The number of methoxy groups -OCH3 is 1. The average molecular weight is 368 g/mol. The minimum Gasteiger partial charge on any atom is -0.497 e. The number of imidazole rings is 1. The molecule has 2 aromatic carbocycles. The number of rotatable bonds is 6. The van der Waals surface area contributed by atoms with Crippen molar-refractivity contribution in [2.45, 2.75) is 12.6 Å². The molecular weight excluding hydrogens is 347 g/mol. The summed E-state index contributed by atoms with van der Waals surface area (Å²) >= 11 is 0. The van der Waals surface area contributed by atoms with Gasteiger partial charge in [0.25, 0.3) is 0 Å². The summed E-state index contributed by atoms with van der Waals surface area (Å²) in [6.45, 7) is 0.0872. The van der Waals surface area contributed by atoms with E-state index in [1.165, 1.54) is 6.07 Å². The lowest BCUT2D eigenvalue weighted by Crippen LogP contribution is -2.39. The molecule has 0 aliphatic heterocycles. The summed E-state index contributed by atoms with van der Waals surface area (Å²) in [5.41, 5.74) is 1.24. The largest absolute Gasteiger partial charge is 0.497 e. The minimum atomic E-state index is -0.485. The summed E-state index contributed by atoms with van der Waals surface area (Å²) in [4.78, 5) is 16.8. The molecule has 27 heavy (non-hydrogen) atoms. The minimum absolute atomic E-state index is 0.0872. The Labute approximate surface area is 157 Å². The van der Waals surface area contributed by atoms with Crippen molar-refractivity contribution in [3.63, 3.8) is 0 Å². The molecule has 3 aromatic rings. The Hall–Kier alpha value is -3.35. The van der Waals surface area contributed by atoms with Crippen LogP contribution in [-0.2, 0) is 13.6 Å². The van der Waals surface area contributed by atoms with Crippen LogP contribution in [0.1, 0.15) is 23.0 Å². The lowest BCUT2D eigenvalue weighted by molar-refractivity contribution is 0.237. The van der Waals surface area contributed by atoms with Gasteiger partial charge in [-0.3, -0.25) is 0 Å². The van der Waals surface area contributed by atoms with E-state index >= 15 is 0 Å². The maximum absolute atomic E-state index is 13.7. The zero-order chi connectivity index (χ0) is 19.2. The third-order valence-electron chi connectivity index (χ3n) is 4.22. The van der Waals surface area contributed by atoms with E-state index in [2.05, 4.69) is 15.6 Å². The van der Waals surface area contributed by atoms with Crippen LogP contribution in [0, 0.1) is 5.82 Å². The Morgan fingerprint density at radius 2 is 2.07 bits per heavy atom. The topological polar surface area (TPSA) is 68.2 Å². The Morgan fingerprint density at radius 3 is 2.78 bits per heavy atom. The van der Waals surface area contributed by atoms with Crippen LogP contribution in [0.5, 0.6) is 5.75 Å². The summed E-state index contributed by atoms with van der Waals surface area (Å²) < 4.78 is 20.8. The lowest BCUT2D eigenvalue weighted by Gasteiger charge is -2.20. The number of benzene rings is 2. The van der Waals surface area contributed by atoms with Crippen molar-refractivity contribution < 1.29 is 13.9 Å². The van der Waals surface area contributed by atoms with Gasteiger partial charge >= 0.3 is 6.03 Å². The fourth-order valence-electron chi connectivity index (χ4n) is 2.77. The van der Waals surface area contributed by atoms with Crippen LogP contribution >= 0.6 is 0 Å². The number of nitrogens with one attached hydrogen (secondary N) is 2. The molecule has 2 amide bonds. The van der Waals surface area contributed by atoms with Gasteiger partial charge in [-0.05, 0) is 23.8 Å². The van der Waals surface area contributed by atoms with Crippen molar-refractivity contribution >= 4 is 6.03 Å². The maximum atomic E-state index is 13.7. The molecule has 6 nitrogen and oxygen atoms in total. The molecule has 1 heterocycles. The van der Waals surface area contributed by atoms with Gasteiger partial charge in [-0.15, -0.1) is 0 Å². The monoisotopic (exact) mass is 368 g/mol. The van der Waals surface area contributed by atoms with Crippen molar-refractivity contribution in [3.05, 3.63) is 83.7 Å². The number of aryl methyl sites for hydroxylation is 1. The molecule has 2 N–H and O–H groups in total. The smallest absolute Gasteiger partial charge is 0.315 e. The summed E-state index contributed by atoms with van der Waals surface area (Å²) in [6.07, 6.45) is 3.48. The van der Waals surface area contributed by atoms with Crippen LogP contribution in [0.4, 0.5) is 9.18 Å². The molecule has 0 saturated carbocycles. The van der Waals surface area contributed by atoms with Gasteiger partial charge in [0.05, 0.1) is 7.11 Å². The maximum Gasteiger partial charge on any atom is 0.315 e. The Bertz CT molecular complexity index is 926. The summed E-state index contributed by atoms with van der Waals surface area (Å²) in [7, 11) is 3.44. The number of halogens is 1. The van der Waals surface area contributed by atoms with E-state index in [1.54, 1.807) is 37.7 Å². The molecule has 3 rings (SSSR count). The van der Waals surface area contributed by atoms with Crippen LogP contribution in [0.2, 0.25) is 0 Å². The van der Waals surface area contributed by atoms with Gasteiger partial charge in [-0.1, -0.05) is 30.3 Å². The Morgan fingerprint density at radius 1 is 1.26 bits per heavy atom. The molecule has 0 bridgehead atoms. The first-order chi connectivity index (χ1) is 13.1. The van der Waals surface area contributed by atoms with Crippen LogP contribution in [0.3, 0.4) is 0 Å². The molecule has 0 aliphatic rings. The number of hydrogen-bond donors (Lipinski definition) is 2. The SMILES string of the molecule is COc1cccc(C(NC(=O)NCc2ccccc2F)c2nccn2C)c1. The number of ether oxygens (including phenoxy) is 1. The molecule has 1 atom stereocenters. The molecule has 1 unspecified atom stereocenters. The average Bonchev–Trinajstić information content (AvgIpc) is 3.11. The second kappa shape index (κ2) is 8.35. The van der Waals surface area contributed by atoms with Gasteiger partial charge in [0.15, 0.2) is 0 Å². The number of nitrogens with zero attached hydrogens (tertiary/aromatic N) is 2. The molecule has 1 aromatic heterocycles. The first kappa shape index (κ1) is 18.4. The van der Waals surface area contributed by atoms with Crippen LogP contribution in [0.25, 0.3) is 0 Å². The number of hydrogen-bond acceptors (Lipinski definition) is 3. The van der Waals surface area contributed by atoms with Gasteiger partial charge in [0.1, 0.15) is 23.4 Å². The molecule has 0 radical (unpaired) electrons. The van der Waals surface area contributed by atoms with E-state index in [9.17, 15) is 9.18 Å². The van der Waals surface area contributed by atoms with Crippen molar-refractivity contribution in [1.82, 2.24) is 20.2 Å². The van der Waals surface area contributed by atoms with Crippen molar-refractivity contribution in [2.24, 2.45) is 7.05 Å². The molecular formula is C20H21FN4O2. The van der Waals surface area contributed by atoms with Gasteiger partial charge in [-0.25, -0.2) is 14.2 Å². The standard InChI is InChI=1S/C20H21FN4O2/c1-25-11-10-22-19(25)18(14-7-5-8-16(12-14)27-2)24-20(26)23-13-15-6-3-4-9-17(15)21/h3-12,18H,13H2,1-2H3,(H2,23,24,26). The fraction of sp³-hybridized carbons (Fsp3) is 0.200. The third-order valence-corrected chi connectivity index (χ3v) is 4.22. The summed E-state index contributed by atoms with van der Waals surface area (Å²) in [5.74, 6) is 0.996. The number of amides is 2. The molecule has 7 heteroatoms. The second-order valence-electron chi connectivity index (χ2n) is 6.02. The van der Waals surface area contributed by atoms with Gasteiger partial charge < -0.3 is 19.9 Å². The molecule has 0 saturated heterocycles. The van der Waals surface area contributed by atoms with Gasteiger partial charge in [0, 0.05) is 31.5 Å². The predicted molar refractivity (Wildman–Crippen MR) is 99.8 cm³/mol. The highest BCUT2D eigenvalue weighted by molar-refractivity contribution is 5.75. The lowest BCUT2D eigenvalue weighted by atomic mass is 10.1. The molecule has 0 aliphatic carbocycles. The molecule has 140 valence electrons. The van der Waals surface area contributed by atoms with Crippen LogP contribution < -0.4 is 15.4 Å². The van der Waals surface area contributed by atoms with Crippen LogP contribution in [-0.4, -0.2) is 22.7 Å². The van der Waals surface area contributed by atoms with E-state index in [0.717, 1.165) is 5.56 Å². The molecule has 0 spiro atoms. The van der Waals surface area contributed by atoms with E-state index in [0.29, 0.717) is 17.1 Å². The highest BCUT2D eigenvalue weighted by Gasteiger charge is 2.21. The fourth-order valence-corrected chi connectivity index (χ4v) is 2.77. The van der Waals surface area contributed by atoms with E-state index < -0.39 is 12.1 Å². The van der Waals surface area contributed by atoms with Crippen molar-refractivity contribution in [2.75, 3.05) is 7.11 Å². The van der Waals surface area contributed by atoms with E-state index in [4.69, 9.17) is 4.74 Å². The summed E-state index contributed by atoms with van der Waals surface area (Å²) in [6, 6.07) is 12.8. The normalized spacial score (nSPS) is 11.7. The predicted octanol–water partition coefficient (Wildman–Crippen LogP) is 3.16. The van der Waals surface area contributed by atoms with Crippen molar-refractivity contribution in [3.8, 4) is 5.75 Å².